The molecule has 1 atom stereocenters. The van der Waals surface area contributed by atoms with E-state index in [1.54, 1.807) is 0 Å². The number of aromatic nitrogens is 4. The molecule has 0 bridgehead atoms. The molecule has 0 fully saturated rings. The molecule has 0 amide bonds. The third-order valence-electron chi connectivity index (χ3n) is 4.28. The number of benzene rings is 1. The van der Waals surface area contributed by atoms with Crippen molar-refractivity contribution in [2.24, 2.45) is 0 Å². The van der Waals surface area contributed by atoms with Gasteiger partial charge in [0.1, 0.15) is 11.6 Å². The Hall–Kier alpha value is -1.66. The second-order valence-electron chi connectivity index (χ2n) is 6.02. The van der Waals surface area contributed by atoms with Crippen molar-refractivity contribution in [3.8, 4) is 0 Å². The number of halogens is 2. The van der Waals surface area contributed by atoms with Crippen LogP contribution in [-0.2, 0) is 19.4 Å². The predicted octanol–water partition coefficient (Wildman–Crippen LogP) is 4.23. The van der Waals surface area contributed by atoms with E-state index in [2.05, 4.69) is 43.2 Å². The van der Waals surface area contributed by atoms with Crippen LogP contribution in [0.25, 0.3) is 10.9 Å². The van der Waals surface area contributed by atoms with E-state index in [-0.39, 0.29) is 0 Å². The van der Waals surface area contributed by atoms with Gasteiger partial charge >= 0.3 is 0 Å². The summed E-state index contributed by atoms with van der Waals surface area (Å²) in [7, 11) is 0. The number of pyridine rings is 1. The third-order valence-corrected chi connectivity index (χ3v) is 5.03. The Balaban J connectivity index is 1.56. The van der Waals surface area contributed by atoms with Gasteiger partial charge in [-0.1, -0.05) is 34.5 Å². The Morgan fingerprint density at radius 2 is 2.21 bits per heavy atom. The minimum Gasteiger partial charge on any atom is -0.365 e. The normalized spacial score (nSPS) is 17.0. The van der Waals surface area contributed by atoms with Crippen molar-refractivity contribution in [2.75, 3.05) is 5.32 Å². The zero-order valence-corrected chi connectivity index (χ0v) is 15.6. The fourth-order valence-corrected chi connectivity index (χ4v) is 3.95. The minimum absolute atomic E-state index is 0.295. The number of aryl methyl sites for hydroxylation is 2. The topological polar surface area (TPSA) is 55.6 Å². The van der Waals surface area contributed by atoms with E-state index in [1.165, 1.54) is 0 Å². The van der Waals surface area contributed by atoms with Crippen LogP contribution in [0.15, 0.2) is 28.7 Å². The molecule has 0 spiro atoms. The van der Waals surface area contributed by atoms with Gasteiger partial charge in [0.2, 0.25) is 0 Å². The summed E-state index contributed by atoms with van der Waals surface area (Å²) in [6.07, 6.45) is 2.83. The molecule has 4 rings (SSSR count). The summed E-state index contributed by atoms with van der Waals surface area (Å²) in [5.41, 5.74) is 0.815. The molecule has 5 nitrogen and oxygen atoms in total. The van der Waals surface area contributed by atoms with Crippen LogP contribution in [0, 0.1) is 0 Å². The monoisotopic (exact) mass is 405 g/mol. The highest BCUT2D eigenvalue weighted by atomic mass is 79.9. The summed E-state index contributed by atoms with van der Waals surface area (Å²) in [5, 5.41) is 9.74. The highest BCUT2D eigenvalue weighted by Crippen LogP contribution is 2.28. The lowest BCUT2D eigenvalue weighted by Gasteiger charge is -2.24. The molecule has 0 saturated carbocycles. The Kier molecular flexibility index (Phi) is 4.18. The zero-order chi connectivity index (χ0) is 16.7. The van der Waals surface area contributed by atoms with Crippen LogP contribution in [0.1, 0.15) is 25.0 Å². The predicted molar refractivity (Wildman–Crippen MR) is 99.6 cm³/mol. The van der Waals surface area contributed by atoms with Crippen LogP contribution in [0.2, 0.25) is 5.02 Å². The molecule has 124 valence electrons. The lowest BCUT2D eigenvalue weighted by molar-refractivity contribution is 0.440. The third kappa shape index (κ3) is 3.00. The van der Waals surface area contributed by atoms with E-state index in [4.69, 9.17) is 11.6 Å². The lowest BCUT2D eigenvalue weighted by atomic mass is 10.1. The fourth-order valence-electron chi connectivity index (χ4n) is 3.08. The molecule has 3 aromatic rings. The van der Waals surface area contributed by atoms with Crippen LogP contribution in [0.4, 0.5) is 5.82 Å². The quantitative estimate of drug-likeness (QED) is 0.707. The first-order valence-electron chi connectivity index (χ1n) is 8.07. The van der Waals surface area contributed by atoms with Gasteiger partial charge < -0.3 is 5.32 Å². The molecule has 1 aliphatic heterocycles. The molecule has 1 unspecified atom stereocenters. The summed E-state index contributed by atoms with van der Waals surface area (Å²) in [6, 6.07) is 8.23. The van der Waals surface area contributed by atoms with E-state index in [9.17, 15) is 0 Å². The van der Waals surface area contributed by atoms with Crippen molar-refractivity contribution in [3.63, 3.8) is 0 Å². The SMILES string of the molecule is CCc1nc2n(n1)CC(Nc1ccc3cc(Br)cc(Cl)c3n1)CC2. The maximum absolute atomic E-state index is 6.32. The standard InChI is InChI=1S/C17H17BrClN5/c1-2-14-21-16-6-4-12(9-24(16)23-14)20-15-5-3-10-7-11(18)8-13(19)17(10)22-15/h3,5,7-8,12H,2,4,6,9H2,1H3,(H,20,22). The van der Waals surface area contributed by atoms with Crippen LogP contribution in [0.3, 0.4) is 0 Å². The van der Waals surface area contributed by atoms with Gasteiger partial charge in [0.15, 0.2) is 5.82 Å². The Bertz CT molecular complexity index is 907. The average molecular weight is 407 g/mol. The Morgan fingerprint density at radius 3 is 3.04 bits per heavy atom. The molecular weight excluding hydrogens is 390 g/mol. The van der Waals surface area contributed by atoms with E-state index < -0.39 is 0 Å². The van der Waals surface area contributed by atoms with Gasteiger partial charge in [0.25, 0.3) is 0 Å². The Morgan fingerprint density at radius 1 is 1.33 bits per heavy atom. The molecule has 1 aliphatic rings. The molecule has 0 radical (unpaired) electrons. The Labute approximate surface area is 153 Å². The molecule has 7 heteroatoms. The number of anilines is 1. The molecule has 2 aromatic heterocycles. The van der Waals surface area contributed by atoms with Crippen molar-refractivity contribution in [3.05, 3.63) is 45.4 Å². The summed E-state index contributed by atoms with van der Waals surface area (Å²) in [5.74, 6) is 2.85. The molecule has 0 saturated heterocycles. The van der Waals surface area contributed by atoms with Crippen molar-refractivity contribution >= 4 is 44.3 Å². The number of fused-ring (bicyclic) bond motifs is 2. The van der Waals surface area contributed by atoms with Crippen molar-refractivity contribution in [1.29, 1.82) is 0 Å². The van der Waals surface area contributed by atoms with Gasteiger partial charge in [0.05, 0.1) is 17.1 Å². The summed E-state index contributed by atoms with van der Waals surface area (Å²) < 4.78 is 2.98. The highest BCUT2D eigenvalue weighted by Gasteiger charge is 2.21. The molecule has 0 aliphatic carbocycles. The van der Waals surface area contributed by atoms with E-state index in [0.29, 0.717) is 11.1 Å². The van der Waals surface area contributed by atoms with Gasteiger partial charge in [-0.3, -0.25) is 0 Å². The second-order valence-corrected chi connectivity index (χ2v) is 7.34. The van der Waals surface area contributed by atoms with Crippen molar-refractivity contribution in [1.82, 2.24) is 19.7 Å². The van der Waals surface area contributed by atoms with Crippen molar-refractivity contribution in [2.45, 2.75) is 38.8 Å². The maximum atomic E-state index is 6.32. The van der Waals surface area contributed by atoms with Gasteiger partial charge in [0, 0.05) is 28.7 Å². The maximum Gasteiger partial charge on any atom is 0.150 e. The molecule has 1 aromatic carbocycles. The number of hydrogen-bond acceptors (Lipinski definition) is 4. The molecular formula is C17H17BrClN5. The van der Waals surface area contributed by atoms with Gasteiger partial charge in [-0.25, -0.2) is 14.6 Å². The summed E-state index contributed by atoms with van der Waals surface area (Å²) in [6.45, 7) is 2.90. The molecule has 3 heterocycles. The van der Waals surface area contributed by atoms with Gasteiger partial charge in [-0.15, -0.1) is 0 Å². The van der Waals surface area contributed by atoms with Gasteiger partial charge in [-0.05, 0) is 30.7 Å². The van der Waals surface area contributed by atoms with Crippen LogP contribution < -0.4 is 5.32 Å². The number of nitrogens with one attached hydrogen (secondary N) is 1. The van der Waals surface area contributed by atoms with Crippen LogP contribution >= 0.6 is 27.5 Å². The summed E-state index contributed by atoms with van der Waals surface area (Å²) >= 11 is 9.78. The van der Waals surface area contributed by atoms with Crippen molar-refractivity contribution < 1.29 is 0 Å². The first-order chi connectivity index (χ1) is 11.6. The minimum atomic E-state index is 0.295. The average Bonchev–Trinajstić information content (AvgIpc) is 2.98. The van der Waals surface area contributed by atoms with E-state index in [0.717, 1.165) is 58.6 Å². The fraction of sp³-hybridized carbons (Fsp3) is 0.353. The largest absolute Gasteiger partial charge is 0.365 e. The zero-order valence-electron chi connectivity index (χ0n) is 13.3. The number of nitrogens with zero attached hydrogens (tertiary/aromatic N) is 4. The van der Waals surface area contributed by atoms with E-state index in [1.807, 2.05) is 28.9 Å². The van der Waals surface area contributed by atoms with Crippen LogP contribution in [-0.4, -0.2) is 25.8 Å². The smallest absolute Gasteiger partial charge is 0.150 e. The number of hydrogen-bond donors (Lipinski definition) is 1. The van der Waals surface area contributed by atoms with E-state index >= 15 is 0 Å². The molecule has 1 N–H and O–H groups in total. The number of rotatable bonds is 3. The van der Waals surface area contributed by atoms with Gasteiger partial charge in [-0.2, -0.15) is 5.10 Å². The lowest BCUT2D eigenvalue weighted by Crippen LogP contribution is -2.32. The highest BCUT2D eigenvalue weighted by molar-refractivity contribution is 9.10. The first kappa shape index (κ1) is 15.8. The second kappa shape index (κ2) is 6.33. The summed E-state index contributed by atoms with van der Waals surface area (Å²) in [4.78, 5) is 9.24. The first-order valence-corrected chi connectivity index (χ1v) is 9.24. The van der Waals surface area contributed by atoms with Crippen LogP contribution in [0.5, 0.6) is 0 Å². The molecule has 24 heavy (non-hydrogen) atoms.